The third-order valence-corrected chi connectivity index (χ3v) is 7.17. The number of aromatic nitrogens is 1. The number of pyridine rings is 1. The second-order valence-corrected chi connectivity index (χ2v) is 8.96. The first-order chi connectivity index (χ1) is 12.5. The predicted molar refractivity (Wildman–Crippen MR) is 102 cm³/mol. The molecular weight excluding hydrogens is 348 g/mol. The molecule has 0 bridgehead atoms. The summed E-state index contributed by atoms with van der Waals surface area (Å²) in [6.45, 7) is 2.57. The van der Waals surface area contributed by atoms with Gasteiger partial charge in [-0.05, 0) is 43.1 Å². The van der Waals surface area contributed by atoms with Crippen molar-refractivity contribution in [2.45, 2.75) is 23.8 Å². The van der Waals surface area contributed by atoms with E-state index >= 15 is 0 Å². The van der Waals surface area contributed by atoms with Crippen molar-refractivity contribution in [2.24, 2.45) is 0 Å². The summed E-state index contributed by atoms with van der Waals surface area (Å²) >= 11 is 0. The number of hydrogen-bond donors (Lipinski definition) is 1. The lowest BCUT2D eigenvalue weighted by Crippen LogP contribution is -2.47. The third-order valence-electron chi connectivity index (χ3n) is 5.29. The van der Waals surface area contributed by atoms with Crippen molar-refractivity contribution < 1.29 is 8.42 Å². The fraction of sp³-hybridized carbons (Fsp3) is 0.421. The van der Waals surface area contributed by atoms with Crippen LogP contribution in [0.2, 0.25) is 0 Å². The molecule has 4 rings (SSSR count). The van der Waals surface area contributed by atoms with E-state index in [0.717, 1.165) is 25.9 Å². The molecular formula is C19H24N4O2S. The normalized spacial score (nSPS) is 21.5. The standard InChI is InChI=1S/C19H24N4O2S/c1-22-10-12-23(13-11-22)26(24,25)16-7-9-19(20-14-16)21-18-8-6-15-4-2-3-5-17(15)18/h2-5,7,9,14,18H,6,8,10-13H2,1H3,(H,20,21). The van der Waals surface area contributed by atoms with Gasteiger partial charge in [0.1, 0.15) is 10.7 Å². The van der Waals surface area contributed by atoms with Crippen LogP contribution in [0.5, 0.6) is 0 Å². The summed E-state index contributed by atoms with van der Waals surface area (Å²) in [5.41, 5.74) is 2.68. The fourth-order valence-electron chi connectivity index (χ4n) is 3.68. The quantitative estimate of drug-likeness (QED) is 0.891. The number of nitrogens with zero attached hydrogens (tertiary/aromatic N) is 3. The van der Waals surface area contributed by atoms with Gasteiger partial charge in [0.15, 0.2) is 0 Å². The van der Waals surface area contributed by atoms with Gasteiger partial charge < -0.3 is 10.2 Å². The van der Waals surface area contributed by atoms with Crippen LogP contribution < -0.4 is 5.32 Å². The smallest absolute Gasteiger partial charge is 0.244 e. The Morgan fingerprint density at radius 3 is 2.58 bits per heavy atom. The van der Waals surface area contributed by atoms with Crippen LogP contribution in [-0.4, -0.2) is 55.8 Å². The van der Waals surface area contributed by atoms with E-state index in [2.05, 4.69) is 39.5 Å². The summed E-state index contributed by atoms with van der Waals surface area (Å²) in [6.07, 6.45) is 3.56. The zero-order chi connectivity index (χ0) is 18.1. The number of hydrogen-bond acceptors (Lipinski definition) is 5. The van der Waals surface area contributed by atoms with Crippen LogP contribution in [0.1, 0.15) is 23.6 Å². The number of rotatable bonds is 4. The summed E-state index contributed by atoms with van der Waals surface area (Å²) in [4.78, 5) is 6.76. The molecule has 1 atom stereocenters. The summed E-state index contributed by atoms with van der Waals surface area (Å²) in [6, 6.07) is 12.1. The zero-order valence-corrected chi connectivity index (χ0v) is 15.7. The molecule has 0 spiro atoms. The molecule has 2 aromatic rings. The van der Waals surface area contributed by atoms with E-state index in [0.29, 0.717) is 18.9 Å². The van der Waals surface area contributed by atoms with Crippen LogP contribution in [0.15, 0.2) is 47.5 Å². The van der Waals surface area contributed by atoms with Crippen molar-refractivity contribution in [1.82, 2.24) is 14.2 Å². The van der Waals surface area contributed by atoms with Gasteiger partial charge in [-0.25, -0.2) is 13.4 Å². The second-order valence-electron chi connectivity index (χ2n) is 7.02. The largest absolute Gasteiger partial charge is 0.363 e. The Labute approximate surface area is 154 Å². The van der Waals surface area contributed by atoms with Gasteiger partial charge in [-0.2, -0.15) is 4.31 Å². The second kappa shape index (κ2) is 6.98. The first-order valence-electron chi connectivity index (χ1n) is 9.03. The summed E-state index contributed by atoms with van der Waals surface area (Å²) in [5.74, 6) is 0.712. The summed E-state index contributed by atoms with van der Waals surface area (Å²) in [7, 11) is -1.45. The molecule has 1 aliphatic carbocycles. The average molecular weight is 372 g/mol. The van der Waals surface area contributed by atoms with Gasteiger partial charge in [-0.3, -0.25) is 0 Å². The molecule has 1 aromatic heterocycles. The maximum absolute atomic E-state index is 12.8. The van der Waals surface area contributed by atoms with E-state index in [1.807, 2.05) is 7.05 Å². The van der Waals surface area contributed by atoms with Gasteiger partial charge in [0.25, 0.3) is 0 Å². The van der Waals surface area contributed by atoms with Crippen molar-refractivity contribution in [1.29, 1.82) is 0 Å². The highest BCUT2D eigenvalue weighted by Gasteiger charge is 2.28. The SMILES string of the molecule is CN1CCN(S(=O)(=O)c2ccc(NC3CCc4ccccc43)nc2)CC1. The highest BCUT2D eigenvalue weighted by molar-refractivity contribution is 7.89. The molecule has 0 amide bonds. The van der Waals surface area contributed by atoms with Crippen LogP contribution in [0.25, 0.3) is 0 Å². The van der Waals surface area contributed by atoms with Gasteiger partial charge in [0, 0.05) is 32.4 Å². The highest BCUT2D eigenvalue weighted by atomic mass is 32.2. The van der Waals surface area contributed by atoms with E-state index in [1.54, 1.807) is 16.4 Å². The topological polar surface area (TPSA) is 65.5 Å². The van der Waals surface area contributed by atoms with Gasteiger partial charge in [-0.15, -0.1) is 0 Å². The van der Waals surface area contributed by atoms with E-state index in [4.69, 9.17) is 0 Å². The van der Waals surface area contributed by atoms with Crippen molar-refractivity contribution in [3.63, 3.8) is 0 Å². The minimum absolute atomic E-state index is 0.235. The number of sulfonamides is 1. The lowest BCUT2D eigenvalue weighted by Gasteiger charge is -2.31. The van der Waals surface area contributed by atoms with Crippen LogP contribution >= 0.6 is 0 Å². The Morgan fingerprint density at radius 2 is 1.85 bits per heavy atom. The molecule has 7 heteroatoms. The first kappa shape index (κ1) is 17.5. The summed E-state index contributed by atoms with van der Waals surface area (Å²) in [5, 5.41) is 3.43. The summed E-state index contributed by atoms with van der Waals surface area (Å²) < 4.78 is 27.1. The molecule has 1 saturated heterocycles. The highest BCUT2D eigenvalue weighted by Crippen LogP contribution is 2.33. The molecule has 2 aliphatic rings. The van der Waals surface area contributed by atoms with Gasteiger partial charge in [0.2, 0.25) is 10.0 Å². The minimum atomic E-state index is -3.46. The molecule has 0 saturated carbocycles. The zero-order valence-electron chi connectivity index (χ0n) is 14.9. The Bertz CT molecular complexity index is 875. The Hall–Kier alpha value is -1.96. The van der Waals surface area contributed by atoms with E-state index in [1.165, 1.54) is 17.3 Å². The van der Waals surface area contributed by atoms with E-state index in [9.17, 15) is 8.42 Å². The number of likely N-dealkylation sites (N-methyl/N-ethyl adjacent to an activating group) is 1. The van der Waals surface area contributed by atoms with Crippen molar-refractivity contribution >= 4 is 15.8 Å². The Kier molecular flexibility index (Phi) is 4.69. The molecule has 1 fully saturated rings. The van der Waals surface area contributed by atoms with Crippen molar-refractivity contribution in [3.8, 4) is 0 Å². The maximum Gasteiger partial charge on any atom is 0.244 e. The van der Waals surface area contributed by atoms with Crippen LogP contribution in [0, 0.1) is 0 Å². The van der Waals surface area contributed by atoms with Crippen molar-refractivity contribution in [2.75, 3.05) is 38.5 Å². The number of piperazine rings is 1. The van der Waals surface area contributed by atoms with E-state index in [-0.39, 0.29) is 10.9 Å². The van der Waals surface area contributed by atoms with Gasteiger partial charge in [0.05, 0.1) is 6.04 Å². The monoisotopic (exact) mass is 372 g/mol. The molecule has 1 aliphatic heterocycles. The lowest BCUT2D eigenvalue weighted by atomic mass is 10.1. The fourth-order valence-corrected chi connectivity index (χ4v) is 5.05. The third kappa shape index (κ3) is 3.34. The molecule has 0 radical (unpaired) electrons. The molecule has 6 nitrogen and oxygen atoms in total. The lowest BCUT2D eigenvalue weighted by molar-refractivity contribution is 0.222. The Morgan fingerprint density at radius 1 is 1.08 bits per heavy atom. The molecule has 1 N–H and O–H groups in total. The van der Waals surface area contributed by atoms with E-state index < -0.39 is 10.0 Å². The van der Waals surface area contributed by atoms with Crippen LogP contribution in [0.3, 0.4) is 0 Å². The first-order valence-corrected chi connectivity index (χ1v) is 10.5. The Balaban J connectivity index is 1.47. The number of fused-ring (bicyclic) bond motifs is 1. The number of aryl methyl sites for hydroxylation is 1. The van der Waals surface area contributed by atoms with Gasteiger partial charge >= 0.3 is 0 Å². The maximum atomic E-state index is 12.8. The van der Waals surface area contributed by atoms with Gasteiger partial charge in [-0.1, -0.05) is 24.3 Å². The molecule has 1 aromatic carbocycles. The molecule has 138 valence electrons. The van der Waals surface area contributed by atoms with Crippen molar-refractivity contribution in [3.05, 3.63) is 53.7 Å². The number of anilines is 1. The number of nitrogens with one attached hydrogen (secondary N) is 1. The minimum Gasteiger partial charge on any atom is -0.363 e. The number of benzene rings is 1. The predicted octanol–water partition coefficient (Wildman–Crippen LogP) is 2.12. The molecule has 1 unspecified atom stereocenters. The molecule has 26 heavy (non-hydrogen) atoms. The average Bonchev–Trinajstić information content (AvgIpc) is 3.06. The molecule has 2 heterocycles. The van der Waals surface area contributed by atoms with Crippen LogP contribution in [0.4, 0.5) is 5.82 Å². The van der Waals surface area contributed by atoms with Crippen LogP contribution in [-0.2, 0) is 16.4 Å².